The summed E-state index contributed by atoms with van der Waals surface area (Å²) in [4.78, 5) is 0.369. The van der Waals surface area contributed by atoms with Crippen molar-refractivity contribution >= 4 is 34.5 Å². The second kappa shape index (κ2) is 7.08. The maximum absolute atomic E-state index is 6.01. The van der Waals surface area contributed by atoms with E-state index >= 15 is 0 Å². The summed E-state index contributed by atoms with van der Waals surface area (Å²) in [6, 6.07) is 5.48. The minimum atomic E-state index is 0.117. The topological polar surface area (TPSA) is 47.3 Å². The Hall–Kier alpha value is -0.840. The van der Waals surface area contributed by atoms with Crippen LogP contribution >= 0.6 is 23.8 Å². The van der Waals surface area contributed by atoms with Gasteiger partial charge in [-0.25, -0.2) is 0 Å². The molecule has 106 valence electrons. The van der Waals surface area contributed by atoms with Crippen LogP contribution in [0.3, 0.4) is 0 Å². The van der Waals surface area contributed by atoms with Crippen molar-refractivity contribution in [3.8, 4) is 0 Å². The smallest absolute Gasteiger partial charge is 0.106 e. The fourth-order valence-electron chi connectivity index (χ4n) is 1.68. The van der Waals surface area contributed by atoms with E-state index < -0.39 is 0 Å². The number of nitrogens with one attached hydrogen (secondary N) is 1. The van der Waals surface area contributed by atoms with Crippen LogP contribution in [0.25, 0.3) is 0 Å². The molecule has 0 aliphatic rings. The Morgan fingerprint density at radius 1 is 1.47 bits per heavy atom. The Kier molecular flexibility index (Phi) is 6.04. The van der Waals surface area contributed by atoms with Crippen molar-refractivity contribution in [3.63, 3.8) is 0 Å². The van der Waals surface area contributed by atoms with E-state index in [-0.39, 0.29) is 5.41 Å². The van der Waals surface area contributed by atoms with E-state index in [0.29, 0.717) is 10.0 Å². The Bertz CT molecular complexity index is 449. The van der Waals surface area contributed by atoms with Gasteiger partial charge in [0.1, 0.15) is 4.99 Å². The van der Waals surface area contributed by atoms with Crippen LogP contribution in [0.4, 0.5) is 5.69 Å². The summed E-state index contributed by atoms with van der Waals surface area (Å²) >= 11 is 11.1. The van der Waals surface area contributed by atoms with E-state index in [1.165, 1.54) is 0 Å². The molecule has 3 nitrogen and oxygen atoms in total. The molecule has 1 aromatic carbocycles. The van der Waals surface area contributed by atoms with Gasteiger partial charge in [-0.15, -0.1) is 0 Å². The molecule has 0 spiro atoms. The molecule has 0 amide bonds. The number of anilines is 1. The number of thiocarbonyl (C=S) groups is 1. The zero-order chi connectivity index (χ0) is 14.5. The molecule has 19 heavy (non-hydrogen) atoms. The molecule has 0 saturated heterocycles. The standard InChI is InChI=1S/C14H21ClN2OS/c1-14(2,6-7-18-3)9-17-12-8-10(15)4-5-11(12)13(16)19/h4-5,8,17H,6-7,9H2,1-3H3,(H2,16,19). The average molecular weight is 301 g/mol. The zero-order valence-electron chi connectivity index (χ0n) is 11.6. The fourth-order valence-corrected chi connectivity index (χ4v) is 2.03. The zero-order valence-corrected chi connectivity index (χ0v) is 13.2. The number of benzene rings is 1. The number of nitrogens with two attached hydrogens (primary N) is 1. The highest BCUT2D eigenvalue weighted by Gasteiger charge is 2.18. The van der Waals surface area contributed by atoms with Crippen LogP contribution in [0.1, 0.15) is 25.8 Å². The lowest BCUT2D eigenvalue weighted by Crippen LogP contribution is -2.25. The molecule has 0 radical (unpaired) electrons. The van der Waals surface area contributed by atoms with E-state index in [0.717, 1.165) is 30.8 Å². The maximum Gasteiger partial charge on any atom is 0.106 e. The van der Waals surface area contributed by atoms with Gasteiger partial charge in [0.05, 0.1) is 0 Å². The van der Waals surface area contributed by atoms with Crippen LogP contribution in [0.2, 0.25) is 5.02 Å². The highest BCUT2D eigenvalue weighted by molar-refractivity contribution is 7.80. The summed E-state index contributed by atoms with van der Waals surface area (Å²) in [7, 11) is 1.71. The molecule has 0 saturated carbocycles. The van der Waals surface area contributed by atoms with Gasteiger partial charge in [-0.1, -0.05) is 37.7 Å². The molecule has 0 heterocycles. The van der Waals surface area contributed by atoms with Gasteiger partial charge >= 0.3 is 0 Å². The van der Waals surface area contributed by atoms with Gasteiger partial charge < -0.3 is 15.8 Å². The number of hydrogen-bond acceptors (Lipinski definition) is 3. The predicted octanol–water partition coefficient (Wildman–Crippen LogP) is 3.45. The summed E-state index contributed by atoms with van der Waals surface area (Å²) in [5, 5.41) is 4.04. The molecule has 0 fully saturated rings. The van der Waals surface area contributed by atoms with Crippen molar-refractivity contribution in [2.24, 2.45) is 11.1 Å². The van der Waals surface area contributed by atoms with Crippen molar-refractivity contribution in [2.45, 2.75) is 20.3 Å². The van der Waals surface area contributed by atoms with Gasteiger partial charge in [0.2, 0.25) is 0 Å². The van der Waals surface area contributed by atoms with E-state index in [4.69, 9.17) is 34.3 Å². The monoisotopic (exact) mass is 300 g/mol. The third kappa shape index (κ3) is 5.35. The summed E-state index contributed by atoms with van der Waals surface area (Å²) in [6.45, 7) is 5.91. The SMILES string of the molecule is COCCC(C)(C)CNc1cc(Cl)ccc1C(N)=S. The molecule has 0 atom stereocenters. The van der Waals surface area contributed by atoms with Crippen LogP contribution in [0, 0.1) is 5.41 Å². The number of rotatable bonds is 7. The molecule has 0 aliphatic heterocycles. The van der Waals surface area contributed by atoms with E-state index in [1.54, 1.807) is 13.2 Å². The fraction of sp³-hybridized carbons (Fsp3) is 0.500. The first-order chi connectivity index (χ1) is 8.85. The summed E-state index contributed by atoms with van der Waals surface area (Å²) in [5.74, 6) is 0. The number of ether oxygens (including phenoxy) is 1. The second-order valence-corrected chi connectivity index (χ2v) is 6.19. The van der Waals surface area contributed by atoms with Gasteiger partial charge in [-0.3, -0.25) is 0 Å². The van der Waals surface area contributed by atoms with E-state index in [1.807, 2.05) is 12.1 Å². The van der Waals surface area contributed by atoms with Crippen LogP contribution < -0.4 is 11.1 Å². The lowest BCUT2D eigenvalue weighted by atomic mass is 9.89. The molecule has 5 heteroatoms. The first kappa shape index (κ1) is 16.2. The molecule has 3 N–H and O–H groups in total. The van der Waals surface area contributed by atoms with Crippen LogP contribution in [-0.2, 0) is 4.74 Å². The number of halogens is 1. The molecule has 0 bridgehead atoms. The Balaban J connectivity index is 2.76. The van der Waals surface area contributed by atoms with Gasteiger partial charge in [-0.2, -0.15) is 0 Å². The minimum absolute atomic E-state index is 0.117. The van der Waals surface area contributed by atoms with Crippen molar-refractivity contribution in [3.05, 3.63) is 28.8 Å². The van der Waals surface area contributed by atoms with Crippen LogP contribution in [0.15, 0.2) is 18.2 Å². The van der Waals surface area contributed by atoms with Crippen molar-refractivity contribution < 1.29 is 4.74 Å². The van der Waals surface area contributed by atoms with Crippen LogP contribution in [0.5, 0.6) is 0 Å². The highest BCUT2D eigenvalue weighted by atomic mass is 35.5. The molecule has 1 aromatic rings. The quantitative estimate of drug-likeness (QED) is 0.757. The molecule has 0 aliphatic carbocycles. The normalized spacial score (nSPS) is 11.4. The Labute approximate surface area is 125 Å². The van der Waals surface area contributed by atoms with Crippen molar-refractivity contribution in [1.29, 1.82) is 0 Å². The van der Waals surface area contributed by atoms with Crippen molar-refractivity contribution in [1.82, 2.24) is 0 Å². The largest absolute Gasteiger partial charge is 0.389 e. The first-order valence-electron chi connectivity index (χ1n) is 6.18. The molecular formula is C14H21ClN2OS. The summed E-state index contributed by atoms with van der Waals surface area (Å²) in [5.41, 5.74) is 7.53. The van der Waals surface area contributed by atoms with Crippen molar-refractivity contribution in [2.75, 3.05) is 25.6 Å². The van der Waals surface area contributed by atoms with E-state index in [2.05, 4.69) is 19.2 Å². The van der Waals surface area contributed by atoms with Gasteiger partial charge in [0.15, 0.2) is 0 Å². The first-order valence-corrected chi connectivity index (χ1v) is 6.96. The number of hydrogen-bond donors (Lipinski definition) is 2. The predicted molar refractivity (Wildman–Crippen MR) is 86.1 cm³/mol. The van der Waals surface area contributed by atoms with Gasteiger partial charge in [0.25, 0.3) is 0 Å². The van der Waals surface area contributed by atoms with E-state index in [9.17, 15) is 0 Å². The summed E-state index contributed by atoms with van der Waals surface area (Å²) in [6.07, 6.45) is 0.972. The molecule has 0 unspecified atom stereocenters. The summed E-state index contributed by atoms with van der Waals surface area (Å²) < 4.78 is 5.12. The Morgan fingerprint density at radius 2 is 2.16 bits per heavy atom. The molecular weight excluding hydrogens is 280 g/mol. The number of methoxy groups -OCH3 is 1. The average Bonchev–Trinajstić information content (AvgIpc) is 2.34. The third-order valence-electron chi connectivity index (χ3n) is 2.99. The minimum Gasteiger partial charge on any atom is -0.389 e. The van der Waals surface area contributed by atoms with Crippen LogP contribution in [-0.4, -0.2) is 25.2 Å². The maximum atomic E-state index is 6.01. The highest BCUT2D eigenvalue weighted by Crippen LogP contribution is 2.25. The molecule has 0 aromatic heterocycles. The van der Waals surface area contributed by atoms with Gasteiger partial charge in [-0.05, 0) is 30.0 Å². The van der Waals surface area contributed by atoms with Gasteiger partial charge in [0, 0.05) is 36.5 Å². The lowest BCUT2D eigenvalue weighted by molar-refractivity contribution is 0.157. The lowest BCUT2D eigenvalue weighted by Gasteiger charge is -2.26. The Morgan fingerprint density at radius 3 is 2.74 bits per heavy atom. The molecule has 1 rings (SSSR count). The second-order valence-electron chi connectivity index (χ2n) is 5.31. The third-order valence-corrected chi connectivity index (χ3v) is 3.44.